The third kappa shape index (κ3) is 1.24. The van der Waals surface area contributed by atoms with E-state index in [1.807, 2.05) is 22.9 Å². The number of carboxylic acids is 1. The summed E-state index contributed by atoms with van der Waals surface area (Å²) in [5, 5.41) is 8.43. The van der Waals surface area contributed by atoms with E-state index < -0.39 is 5.97 Å². The number of nitrogens with zero attached hydrogens (tertiary/aromatic N) is 1. The van der Waals surface area contributed by atoms with Crippen molar-refractivity contribution in [2.24, 2.45) is 0 Å². The molecule has 0 radical (unpaired) electrons. The highest BCUT2D eigenvalue weighted by Gasteiger charge is 2.04. The minimum absolute atomic E-state index is 0.301. The minimum atomic E-state index is -0.894. The first-order valence-electron chi connectivity index (χ1n) is 2.28. The lowest BCUT2D eigenvalue weighted by Gasteiger charge is -1.90. The van der Waals surface area contributed by atoms with Crippen molar-refractivity contribution in [1.29, 1.82) is 0 Å². The molecule has 0 atom stereocenters. The molecule has 0 saturated carbocycles. The monoisotopic (exact) mass is 237 g/mol. The van der Waals surface area contributed by atoms with Crippen molar-refractivity contribution in [2.75, 3.05) is 0 Å². The van der Waals surface area contributed by atoms with Gasteiger partial charge in [0.15, 0.2) is 0 Å². The number of halogens is 1. The highest BCUT2D eigenvalue weighted by molar-refractivity contribution is 14.1. The predicted octanol–water partition coefficient (Wildman–Crippen LogP) is 1.38. The summed E-state index contributed by atoms with van der Waals surface area (Å²) >= 11 is 1.91. The fourth-order valence-electron chi connectivity index (χ4n) is 0.524. The van der Waals surface area contributed by atoms with Crippen LogP contribution in [-0.4, -0.2) is 13.9 Å². The van der Waals surface area contributed by atoms with Gasteiger partial charge in [0.1, 0.15) is 5.69 Å². The average molecular weight is 237 g/mol. The zero-order valence-corrected chi connectivity index (χ0v) is 6.57. The maximum absolute atomic E-state index is 10.3. The molecule has 4 heteroatoms. The van der Waals surface area contributed by atoms with Crippen LogP contribution in [0.3, 0.4) is 0 Å². The van der Waals surface area contributed by atoms with Gasteiger partial charge in [0.2, 0.25) is 0 Å². The molecule has 3 nitrogen and oxygen atoms in total. The second-order valence-corrected chi connectivity index (χ2v) is 2.55. The molecular weight excluding hydrogens is 233 g/mol. The summed E-state index contributed by atoms with van der Waals surface area (Å²) in [6.45, 7) is 0. The lowest BCUT2D eigenvalue weighted by Crippen LogP contribution is -1.98. The highest BCUT2D eigenvalue weighted by Crippen LogP contribution is 2.04. The molecule has 0 aliphatic rings. The summed E-state index contributed by atoms with van der Waals surface area (Å²) in [6.07, 6.45) is 1.68. The van der Waals surface area contributed by atoms with E-state index in [9.17, 15) is 4.79 Å². The van der Waals surface area contributed by atoms with Crippen molar-refractivity contribution < 1.29 is 9.90 Å². The zero-order chi connectivity index (χ0) is 6.85. The summed E-state index contributed by atoms with van der Waals surface area (Å²) in [4.78, 5) is 10.3. The predicted molar refractivity (Wildman–Crippen MR) is 40.8 cm³/mol. The molecule has 1 aromatic rings. The maximum atomic E-state index is 10.3. The SMILES string of the molecule is O=C(O)c1cccn1I. The molecule has 48 valence electrons. The maximum Gasteiger partial charge on any atom is 0.353 e. The second-order valence-electron chi connectivity index (χ2n) is 1.51. The Labute approximate surface area is 65.8 Å². The Morgan fingerprint density at radius 1 is 1.78 bits per heavy atom. The van der Waals surface area contributed by atoms with Crippen molar-refractivity contribution in [3.8, 4) is 0 Å². The first kappa shape index (κ1) is 6.60. The Balaban J connectivity index is 3.08. The van der Waals surface area contributed by atoms with E-state index in [2.05, 4.69) is 0 Å². The molecule has 0 aliphatic carbocycles. The third-order valence-corrected chi connectivity index (χ3v) is 1.76. The highest BCUT2D eigenvalue weighted by atomic mass is 127. The summed E-state index contributed by atoms with van der Waals surface area (Å²) in [5.74, 6) is -0.894. The van der Waals surface area contributed by atoms with Gasteiger partial charge in [-0.2, -0.15) is 0 Å². The van der Waals surface area contributed by atoms with Gasteiger partial charge in [-0.25, -0.2) is 4.79 Å². The van der Waals surface area contributed by atoms with Gasteiger partial charge in [-0.3, -0.25) is 2.78 Å². The van der Waals surface area contributed by atoms with Crippen LogP contribution in [0, 0.1) is 0 Å². The average Bonchev–Trinajstić information content (AvgIpc) is 2.13. The number of carbonyl (C=O) groups is 1. The van der Waals surface area contributed by atoms with Crippen molar-refractivity contribution in [2.45, 2.75) is 0 Å². The summed E-state index contributed by atoms with van der Waals surface area (Å²) in [6, 6.07) is 3.24. The molecule has 9 heavy (non-hydrogen) atoms. The van der Waals surface area contributed by atoms with Crippen LogP contribution in [0.2, 0.25) is 0 Å². The first-order chi connectivity index (χ1) is 4.22. The van der Waals surface area contributed by atoms with Gasteiger partial charge in [-0.1, -0.05) is 0 Å². The van der Waals surface area contributed by atoms with E-state index in [4.69, 9.17) is 5.11 Å². The summed E-state index contributed by atoms with van der Waals surface area (Å²) < 4.78 is 1.53. The summed E-state index contributed by atoms with van der Waals surface area (Å²) in [5.41, 5.74) is 0.301. The van der Waals surface area contributed by atoms with Crippen LogP contribution in [0.25, 0.3) is 0 Å². The number of rotatable bonds is 1. The number of carboxylic acid groups (broad SMARTS) is 1. The lowest BCUT2D eigenvalue weighted by atomic mass is 10.4. The minimum Gasteiger partial charge on any atom is -0.477 e. The largest absolute Gasteiger partial charge is 0.477 e. The normalized spacial score (nSPS) is 9.44. The van der Waals surface area contributed by atoms with Gasteiger partial charge in [0, 0.05) is 6.20 Å². The van der Waals surface area contributed by atoms with Crippen LogP contribution in [0.1, 0.15) is 10.5 Å². The third-order valence-electron chi connectivity index (χ3n) is 0.920. The van der Waals surface area contributed by atoms with Crippen molar-refractivity contribution >= 4 is 28.8 Å². The van der Waals surface area contributed by atoms with Gasteiger partial charge in [0.05, 0.1) is 22.9 Å². The molecule has 0 aliphatic heterocycles. The fraction of sp³-hybridized carbons (Fsp3) is 0. The number of hydrogen-bond donors (Lipinski definition) is 1. The van der Waals surface area contributed by atoms with Gasteiger partial charge in [-0.05, 0) is 12.1 Å². The smallest absolute Gasteiger partial charge is 0.353 e. The van der Waals surface area contributed by atoms with E-state index in [1.165, 1.54) is 2.78 Å². The Bertz CT molecular complexity index is 231. The molecule has 0 unspecified atom stereocenters. The molecule has 0 amide bonds. The Kier molecular flexibility index (Phi) is 1.75. The van der Waals surface area contributed by atoms with Crippen LogP contribution >= 0.6 is 22.9 Å². The van der Waals surface area contributed by atoms with Crippen LogP contribution < -0.4 is 0 Å². The van der Waals surface area contributed by atoms with Gasteiger partial charge < -0.3 is 5.11 Å². The first-order valence-corrected chi connectivity index (χ1v) is 3.25. The van der Waals surface area contributed by atoms with Gasteiger partial charge in [0.25, 0.3) is 0 Å². The zero-order valence-electron chi connectivity index (χ0n) is 4.41. The van der Waals surface area contributed by atoms with Crippen LogP contribution in [0.4, 0.5) is 0 Å². The Hall–Kier alpha value is -0.520. The fourth-order valence-corrected chi connectivity index (χ4v) is 1.08. The molecule has 1 aromatic heterocycles. The summed E-state index contributed by atoms with van der Waals surface area (Å²) in [7, 11) is 0. The molecule has 0 aromatic carbocycles. The Morgan fingerprint density at radius 3 is 2.67 bits per heavy atom. The molecule has 0 bridgehead atoms. The number of aromatic nitrogens is 1. The van der Waals surface area contributed by atoms with E-state index >= 15 is 0 Å². The number of aromatic carboxylic acids is 1. The quantitative estimate of drug-likeness (QED) is 0.749. The molecular formula is C5H4INO2. The molecule has 1 N–H and O–H groups in total. The van der Waals surface area contributed by atoms with Gasteiger partial charge >= 0.3 is 5.97 Å². The Morgan fingerprint density at radius 2 is 2.44 bits per heavy atom. The van der Waals surface area contributed by atoms with Gasteiger partial charge in [-0.15, -0.1) is 0 Å². The van der Waals surface area contributed by atoms with E-state index in [0.717, 1.165) is 0 Å². The second kappa shape index (κ2) is 2.38. The van der Waals surface area contributed by atoms with Crippen LogP contribution in [-0.2, 0) is 0 Å². The van der Waals surface area contributed by atoms with Crippen molar-refractivity contribution in [1.82, 2.24) is 2.78 Å². The van der Waals surface area contributed by atoms with Crippen molar-refractivity contribution in [3.05, 3.63) is 24.0 Å². The molecule has 1 rings (SSSR count). The van der Waals surface area contributed by atoms with E-state index in [-0.39, 0.29) is 0 Å². The molecule has 1 heterocycles. The standard InChI is InChI=1S/C5H4INO2/c6-7-3-1-2-4(7)5(8)9/h1-3H,(H,8,9). The molecule has 0 saturated heterocycles. The van der Waals surface area contributed by atoms with Crippen LogP contribution in [0.15, 0.2) is 18.3 Å². The molecule has 0 spiro atoms. The topological polar surface area (TPSA) is 42.2 Å². The number of hydrogen-bond acceptors (Lipinski definition) is 1. The van der Waals surface area contributed by atoms with E-state index in [1.54, 1.807) is 18.3 Å². The molecule has 0 fully saturated rings. The van der Waals surface area contributed by atoms with Crippen LogP contribution in [0.5, 0.6) is 0 Å². The lowest BCUT2D eigenvalue weighted by molar-refractivity contribution is 0.0690. The van der Waals surface area contributed by atoms with E-state index in [0.29, 0.717) is 5.69 Å². The van der Waals surface area contributed by atoms with Crippen molar-refractivity contribution in [3.63, 3.8) is 0 Å².